The van der Waals surface area contributed by atoms with Gasteiger partial charge in [-0.05, 0) is 12.8 Å². The van der Waals surface area contributed by atoms with Crippen molar-refractivity contribution in [3.05, 3.63) is 0 Å². The van der Waals surface area contributed by atoms with Gasteiger partial charge in [-0.1, -0.05) is 94.1 Å². The molecule has 0 rings (SSSR count). The number of hydrogen-bond donors (Lipinski definition) is 0. The topological polar surface area (TPSA) is 0 Å². The Morgan fingerprint density at radius 1 is 0.733 bits per heavy atom. The average molecular weight is 276 g/mol. The summed E-state index contributed by atoms with van der Waals surface area (Å²) in [6.07, 6.45) is 9.52. The summed E-state index contributed by atoms with van der Waals surface area (Å²) in [5.41, 5.74) is 0. The van der Waals surface area contributed by atoms with Crippen LogP contribution in [0.25, 0.3) is 0 Å². The minimum Gasteiger partial charge on any atom is -0.0837 e. The number of alkyl halides is 3. The van der Waals surface area contributed by atoms with Gasteiger partial charge in [0.2, 0.25) is 0 Å². The van der Waals surface area contributed by atoms with E-state index in [1.807, 2.05) is 13.8 Å². The zero-order valence-corrected chi connectivity index (χ0v) is 12.6. The Bertz CT molecular complexity index is 108. The molecule has 0 radical (unpaired) electrons. The van der Waals surface area contributed by atoms with Crippen LogP contribution in [0.3, 0.4) is 0 Å². The first kappa shape index (κ1) is 18.2. The normalized spacial score (nSPS) is 10.8. The molecule has 0 nitrogen and oxygen atoms in total. The van der Waals surface area contributed by atoms with Gasteiger partial charge in [0.25, 0.3) is 0 Å². The highest BCUT2D eigenvalue weighted by Gasteiger charge is 2.17. The van der Waals surface area contributed by atoms with E-state index in [1.54, 1.807) is 0 Å². The lowest BCUT2D eigenvalue weighted by Gasteiger charge is -2.09. The molecule has 0 N–H and O–H groups in total. The lowest BCUT2D eigenvalue weighted by molar-refractivity contribution is 0.578. The summed E-state index contributed by atoms with van der Waals surface area (Å²) in [5, 5.41) is 0. The van der Waals surface area contributed by atoms with E-state index in [1.165, 1.54) is 38.5 Å². The first-order valence-electron chi connectivity index (χ1n) is 6.13. The third kappa shape index (κ3) is 20.8. The van der Waals surface area contributed by atoms with Gasteiger partial charge in [0.05, 0.1) is 0 Å². The monoisotopic (exact) mass is 274 g/mol. The van der Waals surface area contributed by atoms with E-state index in [0.29, 0.717) is 6.42 Å². The van der Waals surface area contributed by atoms with Crippen molar-refractivity contribution in [2.75, 3.05) is 0 Å². The van der Waals surface area contributed by atoms with E-state index in [0.717, 1.165) is 6.42 Å². The van der Waals surface area contributed by atoms with E-state index in [-0.39, 0.29) is 0 Å². The number of unbranched alkanes of at least 4 members (excludes halogenated alkanes) is 6. The Kier molecular flexibility index (Phi) is 15.7. The summed E-state index contributed by atoms with van der Waals surface area (Å²) < 4.78 is -1.04. The first-order valence-corrected chi connectivity index (χ1v) is 7.26. The molecule has 0 amide bonds. The second kappa shape index (κ2) is 12.9. The maximum Gasteiger partial charge on any atom is 0.190 e. The highest BCUT2D eigenvalue weighted by molar-refractivity contribution is 6.67. The van der Waals surface area contributed by atoms with Gasteiger partial charge >= 0.3 is 0 Å². The molecule has 0 aromatic carbocycles. The molecule has 0 unspecified atom stereocenters. The highest BCUT2D eigenvalue weighted by Crippen LogP contribution is 2.32. The fourth-order valence-electron chi connectivity index (χ4n) is 1.28. The van der Waals surface area contributed by atoms with Crippen LogP contribution in [-0.2, 0) is 0 Å². The standard InChI is InChI=1S/C10H19Cl3.C2H6/c1-2-3-4-5-6-7-8-9-10(11,12)13;1-2/h2-9H2,1H3;1-2H3. The maximum absolute atomic E-state index is 5.63. The largest absolute Gasteiger partial charge is 0.190 e. The third-order valence-electron chi connectivity index (χ3n) is 2.06. The Balaban J connectivity index is 0. The van der Waals surface area contributed by atoms with Crippen molar-refractivity contribution >= 4 is 34.8 Å². The summed E-state index contributed by atoms with van der Waals surface area (Å²) in [7, 11) is 0. The van der Waals surface area contributed by atoms with E-state index in [9.17, 15) is 0 Å². The summed E-state index contributed by atoms with van der Waals surface area (Å²) >= 11 is 16.9. The molecule has 0 atom stereocenters. The molecule has 0 fully saturated rings. The van der Waals surface area contributed by atoms with Gasteiger partial charge in [0.15, 0.2) is 3.79 Å². The van der Waals surface area contributed by atoms with Crippen LogP contribution in [0.5, 0.6) is 0 Å². The zero-order valence-electron chi connectivity index (χ0n) is 10.3. The van der Waals surface area contributed by atoms with Crippen molar-refractivity contribution in [2.45, 2.75) is 75.9 Å². The third-order valence-corrected chi connectivity index (χ3v) is 2.63. The molecule has 0 aliphatic rings. The molecule has 94 valence electrons. The van der Waals surface area contributed by atoms with Crippen LogP contribution >= 0.6 is 34.8 Å². The van der Waals surface area contributed by atoms with Crippen LogP contribution in [0.1, 0.15) is 72.1 Å². The highest BCUT2D eigenvalue weighted by atomic mass is 35.6. The predicted octanol–water partition coefficient (Wildman–Crippen LogP) is 6.52. The van der Waals surface area contributed by atoms with Crippen LogP contribution in [0, 0.1) is 0 Å². The molecule has 0 aromatic rings. The number of halogens is 3. The van der Waals surface area contributed by atoms with Crippen molar-refractivity contribution in [1.29, 1.82) is 0 Å². The zero-order chi connectivity index (χ0) is 12.2. The molecule has 0 saturated carbocycles. The molecule has 0 saturated heterocycles. The lowest BCUT2D eigenvalue weighted by Crippen LogP contribution is -2.00. The molecule has 0 bridgehead atoms. The van der Waals surface area contributed by atoms with Crippen molar-refractivity contribution in [1.82, 2.24) is 0 Å². The smallest absolute Gasteiger partial charge is 0.0837 e. The SMILES string of the molecule is CC.CCCCCCCCCC(Cl)(Cl)Cl. The van der Waals surface area contributed by atoms with Gasteiger partial charge in [-0.25, -0.2) is 0 Å². The second-order valence-corrected chi connectivity index (χ2v) is 6.00. The van der Waals surface area contributed by atoms with E-state index >= 15 is 0 Å². The summed E-state index contributed by atoms with van der Waals surface area (Å²) in [4.78, 5) is 0. The quantitative estimate of drug-likeness (QED) is 0.366. The first-order chi connectivity index (χ1) is 7.06. The molecule has 0 aliphatic heterocycles. The molecular formula is C12H25Cl3. The van der Waals surface area contributed by atoms with Crippen LogP contribution in [0.4, 0.5) is 0 Å². The van der Waals surface area contributed by atoms with Gasteiger partial charge < -0.3 is 0 Å². The summed E-state index contributed by atoms with van der Waals surface area (Å²) in [6.45, 7) is 6.23. The Hall–Kier alpha value is 0.870. The molecular weight excluding hydrogens is 250 g/mol. The van der Waals surface area contributed by atoms with Crippen molar-refractivity contribution in [2.24, 2.45) is 0 Å². The second-order valence-electron chi connectivity index (χ2n) is 3.49. The molecule has 15 heavy (non-hydrogen) atoms. The summed E-state index contributed by atoms with van der Waals surface area (Å²) in [6, 6.07) is 0. The Morgan fingerprint density at radius 3 is 1.53 bits per heavy atom. The minimum absolute atomic E-state index is 0.686. The van der Waals surface area contributed by atoms with Crippen molar-refractivity contribution in [3.8, 4) is 0 Å². The maximum atomic E-state index is 5.63. The molecule has 0 spiro atoms. The van der Waals surface area contributed by atoms with Gasteiger partial charge in [0, 0.05) is 0 Å². The van der Waals surface area contributed by atoms with Gasteiger partial charge in [-0.3, -0.25) is 0 Å². The predicted molar refractivity (Wildman–Crippen MR) is 74.2 cm³/mol. The van der Waals surface area contributed by atoms with Crippen LogP contribution in [0.15, 0.2) is 0 Å². The van der Waals surface area contributed by atoms with Crippen molar-refractivity contribution in [3.63, 3.8) is 0 Å². The van der Waals surface area contributed by atoms with Crippen LogP contribution in [0.2, 0.25) is 0 Å². The van der Waals surface area contributed by atoms with E-state index in [4.69, 9.17) is 34.8 Å². The van der Waals surface area contributed by atoms with Gasteiger partial charge in [-0.15, -0.1) is 0 Å². The average Bonchev–Trinajstić information content (AvgIpc) is 2.18. The molecule has 3 heteroatoms. The van der Waals surface area contributed by atoms with Crippen molar-refractivity contribution < 1.29 is 0 Å². The fraction of sp³-hybridized carbons (Fsp3) is 1.00. The van der Waals surface area contributed by atoms with Crippen LogP contribution < -0.4 is 0 Å². The van der Waals surface area contributed by atoms with E-state index in [2.05, 4.69) is 6.92 Å². The molecule has 0 heterocycles. The van der Waals surface area contributed by atoms with Gasteiger partial charge in [0.1, 0.15) is 0 Å². The number of rotatable bonds is 7. The Labute approximate surface area is 111 Å². The molecule has 0 aliphatic carbocycles. The van der Waals surface area contributed by atoms with Gasteiger partial charge in [-0.2, -0.15) is 0 Å². The lowest BCUT2D eigenvalue weighted by atomic mass is 10.1. The summed E-state index contributed by atoms with van der Waals surface area (Å²) in [5.74, 6) is 0. The molecule has 0 aromatic heterocycles. The Morgan fingerprint density at radius 2 is 1.13 bits per heavy atom. The fourth-order valence-corrected chi connectivity index (χ4v) is 1.68. The van der Waals surface area contributed by atoms with E-state index < -0.39 is 3.79 Å². The number of hydrogen-bond acceptors (Lipinski definition) is 0. The minimum atomic E-state index is -1.04. The van der Waals surface area contributed by atoms with Crippen LogP contribution in [-0.4, -0.2) is 3.79 Å².